The molecule has 0 bridgehead atoms. The highest BCUT2D eigenvalue weighted by Gasteiger charge is 2.27. The molecule has 0 saturated carbocycles. The minimum atomic E-state index is 0.467. The molecule has 2 rings (SSSR count). The van der Waals surface area contributed by atoms with Crippen LogP contribution in [0.3, 0.4) is 0 Å². The fraction of sp³-hybridized carbons (Fsp3) is 0.250. The molecule has 0 aliphatic heterocycles. The summed E-state index contributed by atoms with van der Waals surface area (Å²) in [5.41, 5.74) is 11.7. The van der Waals surface area contributed by atoms with Crippen LogP contribution in [0, 0.1) is 0 Å². The summed E-state index contributed by atoms with van der Waals surface area (Å²) in [6.45, 7) is 4.07. The Balaban J connectivity index is 2.44. The zero-order valence-electron chi connectivity index (χ0n) is 8.44. The standard InChI is InChI=1S/C12H12N2O/c1-2-8-15-11-5-3-4-9-6-7-10(14-13)12(9)11/h2-5H,1,6-8H2. The molecule has 1 aromatic rings. The average Bonchev–Trinajstić information content (AvgIpc) is 2.69. The van der Waals surface area contributed by atoms with Gasteiger partial charge in [-0.25, -0.2) is 0 Å². The van der Waals surface area contributed by atoms with Crippen molar-refractivity contribution in [2.75, 3.05) is 6.61 Å². The second-order valence-electron chi connectivity index (χ2n) is 3.44. The molecule has 0 heterocycles. The summed E-state index contributed by atoms with van der Waals surface area (Å²) in [6, 6.07) is 5.88. The molecule has 15 heavy (non-hydrogen) atoms. The van der Waals surface area contributed by atoms with E-state index in [4.69, 9.17) is 10.3 Å². The van der Waals surface area contributed by atoms with Crippen LogP contribution in [-0.4, -0.2) is 17.1 Å². The number of ether oxygens (including phenoxy) is 1. The first-order valence-corrected chi connectivity index (χ1v) is 4.93. The lowest BCUT2D eigenvalue weighted by molar-refractivity contribution is -0.00619. The van der Waals surface area contributed by atoms with Crippen molar-refractivity contribution in [1.29, 1.82) is 0 Å². The largest absolute Gasteiger partial charge is 0.489 e. The minimum absolute atomic E-state index is 0.467. The number of aryl methyl sites for hydroxylation is 1. The van der Waals surface area contributed by atoms with Gasteiger partial charge in [0.1, 0.15) is 17.9 Å². The lowest BCUT2D eigenvalue weighted by atomic mass is 10.1. The molecule has 0 amide bonds. The zero-order valence-corrected chi connectivity index (χ0v) is 8.44. The van der Waals surface area contributed by atoms with Gasteiger partial charge in [0.25, 0.3) is 0 Å². The maximum absolute atomic E-state index is 8.87. The molecule has 0 atom stereocenters. The number of fused-ring (bicyclic) bond motifs is 1. The first-order chi connectivity index (χ1) is 7.36. The topological polar surface area (TPSA) is 45.6 Å². The predicted octanol–water partition coefficient (Wildman–Crippen LogP) is 2.22. The molecule has 0 radical (unpaired) electrons. The summed E-state index contributed by atoms with van der Waals surface area (Å²) in [4.78, 5) is 3.31. The lowest BCUT2D eigenvalue weighted by Crippen LogP contribution is -2.02. The Labute approximate surface area is 88.6 Å². The second kappa shape index (κ2) is 4.11. The fourth-order valence-corrected chi connectivity index (χ4v) is 1.86. The summed E-state index contributed by atoms with van der Waals surface area (Å²) in [5, 5.41) is 0. The number of hydrogen-bond acceptors (Lipinski definition) is 1. The predicted molar refractivity (Wildman–Crippen MR) is 58.2 cm³/mol. The molecule has 1 aliphatic carbocycles. The molecule has 1 aliphatic rings. The Bertz CT molecular complexity index is 445. The zero-order chi connectivity index (χ0) is 10.7. The van der Waals surface area contributed by atoms with Crippen molar-refractivity contribution in [2.24, 2.45) is 0 Å². The van der Waals surface area contributed by atoms with Crippen molar-refractivity contribution in [3.8, 4) is 5.75 Å². The van der Waals surface area contributed by atoms with Crippen LogP contribution in [0.25, 0.3) is 5.53 Å². The highest BCUT2D eigenvalue weighted by atomic mass is 16.5. The van der Waals surface area contributed by atoms with Crippen molar-refractivity contribution in [2.45, 2.75) is 12.8 Å². The van der Waals surface area contributed by atoms with Gasteiger partial charge in [-0.05, 0) is 18.1 Å². The maximum Gasteiger partial charge on any atom is 0.303 e. The first kappa shape index (κ1) is 9.69. The molecule has 3 heteroatoms. The lowest BCUT2D eigenvalue weighted by Gasteiger charge is -2.06. The Morgan fingerprint density at radius 3 is 3.07 bits per heavy atom. The van der Waals surface area contributed by atoms with Gasteiger partial charge in [-0.3, -0.25) is 0 Å². The normalized spacial score (nSPS) is 13.2. The van der Waals surface area contributed by atoms with Crippen LogP contribution in [0.5, 0.6) is 5.75 Å². The van der Waals surface area contributed by atoms with Crippen molar-refractivity contribution in [1.82, 2.24) is 0 Å². The molecule has 1 aromatic carbocycles. The Morgan fingerprint density at radius 2 is 2.33 bits per heavy atom. The minimum Gasteiger partial charge on any atom is -0.489 e. The summed E-state index contributed by atoms with van der Waals surface area (Å²) in [7, 11) is 0. The van der Waals surface area contributed by atoms with Gasteiger partial charge in [0.2, 0.25) is 0 Å². The molecular weight excluding hydrogens is 188 g/mol. The maximum atomic E-state index is 8.87. The molecule has 0 N–H and O–H groups in total. The van der Waals surface area contributed by atoms with Gasteiger partial charge < -0.3 is 10.3 Å². The van der Waals surface area contributed by atoms with E-state index < -0.39 is 0 Å². The fourth-order valence-electron chi connectivity index (χ4n) is 1.86. The summed E-state index contributed by atoms with van der Waals surface area (Å²) in [6.07, 6.45) is 3.39. The van der Waals surface area contributed by atoms with Crippen molar-refractivity contribution >= 4 is 5.71 Å². The van der Waals surface area contributed by atoms with Crippen LogP contribution >= 0.6 is 0 Å². The molecule has 0 unspecified atom stereocenters. The van der Waals surface area contributed by atoms with E-state index in [-0.39, 0.29) is 0 Å². The summed E-state index contributed by atoms with van der Waals surface area (Å²) < 4.78 is 5.52. The van der Waals surface area contributed by atoms with E-state index in [0.717, 1.165) is 24.2 Å². The van der Waals surface area contributed by atoms with Gasteiger partial charge in [0.05, 0.1) is 6.42 Å². The highest BCUT2D eigenvalue weighted by molar-refractivity contribution is 6.03. The van der Waals surface area contributed by atoms with E-state index in [1.165, 1.54) is 5.56 Å². The first-order valence-electron chi connectivity index (χ1n) is 4.93. The molecule has 0 saturated heterocycles. The summed E-state index contributed by atoms with van der Waals surface area (Å²) >= 11 is 0. The summed E-state index contributed by atoms with van der Waals surface area (Å²) in [5.74, 6) is 0.776. The monoisotopic (exact) mass is 200 g/mol. The number of benzene rings is 1. The third-order valence-corrected chi connectivity index (χ3v) is 2.51. The Morgan fingerprint density at radius 1 is 1.47 bits per heavy atom. The average molecular weight is 200 g/mol. The van der Waals surface area contributed by atoms with E-state index in [0.29, 0.717) is 12.3 Å². The van der Waals surface area contributed by atoms with E-state index in [1.54, 1.807) is 6.08 Å². The number of hydrogen-bond donors (Lipinski definition) is 0. The van der Waals surface area contributed by atoms with E-state index in [2.05, 4.69) is 11.4 Å². The number of rotatable bonds is 3. The van der Waals surface area contributed by atoms with Gasteiger partial charge in [0, 0.05) is 0 Å². The van der Waals surface area contributed by atoms with Gasteiger partial charge in [-0.2, -0.15) is 4.79 Å². The van der Waals surface area contributed by atoms with Gasteiger partial charge in [0.15, 0.2) is 0 Å². The molecule has 0 aromatic heterocycles. The molecule has 3 nitrogen and oxygen atoms in total. The van der Waals surface area contributed by atoms with Gasteiger partial charge >= 0.3 is 5.71 Å². The van der Waals surface area contributed by atoms with Gasteiger partial charge in [-0.1, -0.05) is 24.8 Å². The molecule has 0 spiro atoms. The van der Waals surface area contributed by atoms with Crippen LogP contribution in [0.4, 0.5) is 0 Å². The van der Waals surface area contributed by atoms with Crippen LogP contribution in [0.2, 0.25) is 0 Å². The van der Waals surface area contributed by atoms with Crippen molar-refractivity contribution < 1.29 is 9.53 Å². The third kappa shape index (κ3) is 1.69. The molecule has 0 fully saturated rings. The number of nitrogens with zero attached hydrogens (tertiary/aromatic N) is 2. The van der Waals surface area contributed by atoms with E-state index >= 15 is 0 Å². The van der Waals surface area contributed by atoms with Crippen LogP contribution < -0.4 is 4.74 Å². The SMILES string of the molecule is C=CCOc1cccc2c1C(=[N+]=[N-])CC2. The third-order valence-electron chi connectivity index (χ3n) is 2.51. The Hall–Kier alpha value is -1.86. The smallest absolute Gasteiger partial charge is 0.303 e. The van der Waals surface area contributed by atoms with Crippen molar-refractivity contribution in [3.05, 3.63) is 47.5 Å². The van der Waals surface area contributed by atoms with E-state index in [9.17, 15) is 0 Å². The van der Waals surface area contributed by atoms with Gasteiger partial charge in [-0.15, -0.1) is 0 Å². The van der Waals surface area contributed by atoms with Crippen LogP contribution in [0.1, 0.15) is 17.5 Å². The van der Waals surface area contributed by atoms with Crippen molar-refractivity contribution in [3.63, 3.8) is 0 Å². The second-order valence-corrected chi connectivity index (χ2v) is 3.44. The molecule has 76 valence electrons. The quantitative estimate of drug-likeness (QED) is 0.419. The Kier molecular flexibility index (Phi) is 2.66. The molecular formula is C12H12N2O. The van der Waals surface area contributed by atoms with Crippen LogP contribution in [-0.2, 0) is 6.42 Å². The van der Waals surface area contributed by atoms with E-state index in [1.807, 2.05) is 18.2 Å². The van der Waals surface area contributed by atoms with Crippen LogP contribution in [0.15, 0.2) is 30.9 Å². The highest BCUT2D eigenvalue weighted by Crippen LogP contribution is 2.30.